The Labute approximate surface area is 174 Å². The molecule has 0 saturated carbocycles. The fourth-order valence-electron chi connectivity index (χ4n) is 3.98. The molecule has 1 saturated heterocycles. The molecule has 1 fully saturated rings. The highest BCUT2D eigenvalue weighted by Crippen LogP contribution is 2.39. The number of imide groups is 1. The zero-order valence-corrected chi connectivity index (χ0v) is 17.0. The van der Waals surface area contributed by atoms with Gasteiger partial charge in [-0.25, -0.2) is 0 Å². The molecule has 148 valence electrons. The number of benzene rings is 2. The predicted molar refractivity (Wildman–Crippen MR) is 113 cm³/mol. The summed E-state index contributed by atoms with van der Waals surface area (Å²) in [5, 5.41) is 3.38. The minimum absolute atomic E-state index is 0.154. The summed E-state index contributed by atoms with van der Waals surface area (Å²) >= 11 is 6.00. The van der Waals surface area contributed by atoms with Crippen LogP contribution in [0.3, 0.4) is 0 Å². The zero-order chi connectivity index (χ0) is 20.7. The maximum atomic E-state index is 12.8. The van der Waals surface area contributed by atoms with Crippen LogP contribution in [0.25, 0.3) is 0 Å². The van der Waals surface area contributed by atoms with Gasteiger partial charge in [0.05, 0.1) is 17.5 Å². The highest BCUT2D eigenvalue weighted by molar-refractivity contribution is 6.31. The van der Waals surface area contributed by atoms with E-state index in [2.05, 4.69) is 5.32 Å². The van der Waals surface area contributed by atoms with Crippen molar-refractivity contribution < 1.29 is 14.4 Å². The van der Waals surface area contributed by atoms with Crippen LogP contribution in [0.15, 0.2) is 54.1 Å². The third-order valence-electron chi connectivity index (χ3n) is 5.66. The number of rotatable bonds is 3. The van der Waals surface area contributed by atoms with Gasteiger partial charge in [0.25, 0.3) is 5.91 Å². The Morgan fingerprint density at radius 3 is 2.45 bits per heavy atom. The average Bonchev–Trinajstić information content (AvgIpc) is 2.94. The zero-order valence-electron chi connectivity index (χ0n) is 16.2. The monoisotopic (exact) mass is 408 g/mol. The number of fused-ring (bicyclic) bond motifs is 1. The van der Waals surface area contributed by atoms with Gasteiger partial charge in [0, 0.05) is 16.3 Å². The van der Waals surface area contributed by atoms with Gasteiger partial charge < -0.3 is 5.32 Å². The Balaban J connectivity index is 1.52. The second kappa shape index (κ2) is 7.48. The van der Waals surface area contributed by atoms with Crippen LogP contribution in [0.4, 0.5) is 11.4 Å². The fourth-order valence-corrected chi connectivity index (χ4v) is 4.15. The summed E-state index contributed by atoms with van der Waals surface area (Å²) in [6, 6.07) is 11.8. The lowest BCUT2D eigenvalue weighted by Crippen LogP contribution is -2.30. The SMILES string of the molecule is CC1=CC[C@H]2C(=O)N(c3ccc(C(=O)Nc4cc(Cl)ccc4C)cc3)C(=O)[C@@H]2C1. The Bertz CT molecular complexity index is 1040. The van der Waals surface area contributed by atoms with Gasteiger partial charge in [0.2, 0.25) is 11.8 Å². The third-order valence-corrected chi connectivity index (χ3v) is 5.89. The lowest BCUT2D eigenvalue weighted by Gasteiger charge is -2.18. The summed E-state index contributed by atoms with van der Waals surface area (Å²) in [7, 11) is 0. The number of allylic oxidation sites excluding steroid dienone is 2. The number of halogens is 1. The molecule has 1 heterocycles. The average molecular weight is 409 g/mol. The molecule has 2 atom stereocenters. The van der Waals surface area contributed by atoms with E-state index in [-0.39, 0.29) is 29.6 Å². The van der Waals surface area contributed by atoms with Crippen molar-refractivity contribution in [1.82, 2.24) is 0 Å². The minimum Gasteiger partial charge on any atom is -0.322 e. The molecule has 0 aromatic heterocycles. The van der Waals surface area contributed by atoms with Crippen LogP contribution in [-0.2, 0) is 9.59 Å². The lowest BCUT2D eigenvalue weighted by atomic mass is 9.82. The van der Waals surface area contributed by atoms with Gasteiger partial charge in [-0.2, -0.15) is 0 Å². The van der Waals surface area contributed by atoms with E-state index in [4.69, 9.17) is 11.6 Å². The molecule has 2 aliphatic rings. The first-order valence-electron chi connectivity index (χ1n) is 9.56. The predicted octanol–water partition coefficient (Wildman–Crippen LogP) is 4.75. The molecule has 1 aliphatic carbocycles. The molecule has 29 heavy (non-hydrogen) atoms. The summed E-state index contributed by atoms with van der Waals surface area (Å²) in [6.07, 6.45) is 3.28. The number of aryl methyl sites for hydroxylation is 1. The van der Waals surface area contributed by atoms with Crippen LogP contribution in [0.2, 0.25) is 5.02 Å². The first-order chi connectivity index (χ1) is 13.8. The topological polar surface area (TPSA) is 66.5 Å². The summed E-state index contributed by atoms with van der Waals surface area (Å²) in [5.41, 5.74) is 3.63. The molecule has 0 radical (unpaired) electrons. The Morgan fingerprint density at radius 1 is 1.03 bits per heavy atom. The van der Waals surface area contributed by atoms with Crippen LogP contribution in [-0.4, -0.2) is 17.7 Å². The van der Waals surface area contributed by atoms with Crippen molar-refractivity contribution >= 4 is 40.7 Å². The van der Waals surface area contributed by atoms with Gasteiger partial charge in [-0.15, -0.1) is 0 Å². The molecule has 3 amide bonds. The smallest absolute Gasteiger partial charge is 0.255 e. The number of carbonyl (C=O) groups excluding carboxylic acids is 3. The van der Waals surface area contributed by atoms with E-state index in [0.717, 1.165) is 11.1 Å². The van der Waals surface area contributed by atoms with E-state index in [0.29, 0.717) is 34.8 Å². The Kier molecular flexibility index (Phi) is 5.01. The quantitative estimate of drug-likeness (QED) is 0.588. The van der Waals surface area contributed by atoms with E-state index in [1.807, 2.05) is 26.0 Å². The standard InChI is InChI=1S/C23H21ClN2O3/c1-13-3-10-18-19(11-13)23(29)26(22(18)28)17-8-5-15(6-9-17)21(27)25-20-12-16(24)7-4-14(20)2/h3-9,12,18-19H,10-11H2,1-2H3,(H,25,27)/t18-,19-/m1/s1. The van der Waals surface area contributed by atoms with Crippen molar-refractivity contribution in [2.24, 2.45) is 11.8 Å². The van der Waals surface area contributed by atoms with Gasteiger partial charge >= 0.3 is 0 Å². The maximum absolute atomic E-state index is 12.8. The number of nitrogens with zero attached hydrogens (tertiary/aromatic N) is 1. The van der Waals surface area contributed by atoms with E-state index in [9.17, 15) is 14.4 Å². The molecule has 1 aliphatic heterocycles. The Morgan fingerprint density at radius 2 is 1.72 bits per heavy atom. The van der Waals surface area contributed by atoms with Crippen LogP contribution >= 0.6 is 11.6 Å². The van der Waals surface area contributed by atoms with E-state index in [1.165, 1.54) is 4.90 Å². The first-order valence-corrected chi connectivity index (χ1v) is 9.94. The third kappa shape index (κ3) is 3.58. The van der Waals surface area contributed by atoms with Gasteiger partial charge in [-0.3, -0.25) is 19.3 Å². The highest BCUT2D eigenvalue weighted by Gasteiger charge is 2.48. The number of amides is 3. The number of anilines is 2. The van der Waals surface area contributed by atoms with Crippen molar-refractivity contribution in [1.29, 1.82) is 0 Å². The second-order valence-corrected chi connectivity index (χ2v) is 8.11. The molecule has 0 unspecified atom stereocenters. The number of hydrogen-bond acceptors (Lipinski definition) is 3. The summed E-state index contributed by atoms with van der Waals surface area (Å²) in [5.74, 6) is -1.15. The van der Waals surface area contributed by atoms with E-state index < -0.39 is 0 Å². The minimum atomic E-state index is -0.283. The van der Waals surface area contributed by atoms with Crippen molar-refractivity contribution in [3.63, 3.8) is 0 Å². The maximum Gasteiger partial charge on any atom is 0.255 e. The highest BCUT2D eigenvalue weighted by atomic mass is 35.5. The first kappa shape index (κ1) is 19.4. The summed E-state index contributed by atoms with van der Waals surface area (Å²) in [6.45, 7) is 3.88. The van der Waals surface area contributed by atoms with Crippen molar-refractivity contribution in [2.75, 3.05) is 10.2 Å². The van der Waals surface area contributed by atoms with E-state index in [1.54, 1.807) is 36.4 Å². The van der Waals surface area contributed by atoms with Crippen molar-refractivity contribution in [3.8, 4) is 0 Å². The van der Waals surface area contributed by atoms with Crippen LogP contribution in [0.5, 0.6) is 0 Å². The second-order valence-electron chi connectivity index (χ2n) is 7.68. The molecule has 4 rings (SSSR count). The summed E-state index contributed by atoms with van der Waals surface area (Å²) < 4.78 is 0. The van der Waals surface area contributed by atoms with Crippen LogP contribution in [0, 0.1) is 18.8 Å². The number of nitrogens with one attached hydrogen (secondary N) is 1. The Hall–Kier alpha value is -2.92. The number of hydrogen-bond donors (Lipinski definition) is 1. The van der Waals surface area contributed by atoms with Gasteiger partial charge in [-0.1, -0.05) is 29.3 Å². The normalized spacial score (nSPS) is 21.1. The van der Waals surface area contributed by atoms with Gasteiger partial charge in [0.15, 0.2) is 0 Å². The molecule has 6 heteroatoms. The van der Waals surface area contributed by atoms with E-state index >= 15 is 0 Å². The van der Waals surface area contributed by atoms with Crippen molar-refractivity contribution in [3.05, 3.63) is 70.3 Å². The molecule has 2 aromatic rings. The molecule has 1 N–H and O–H groups in total. The number of carbonyl (C=O) groups is 3. The largest absolute Gasteiger partial charge is 0.322 e. The molecule has 5 nitrogen and oxygen atoms in total. The van der Waals surface area contributed by atoms with Gasteiger partial charge in [-0.05, 0) is 68.7 Å². The summed E-state index contributed by atoms with van der Waals surface area (Å²) in [4.78, 5) is 39.4. The molecular formula is C23H21ClN2O3. The van der Waals surface area contributed by atoms with Crippen LogP contribution < -0.4 is 10.2 Å². The van der Waals surface area contributed by atoms with Gasteiger partial charge in [0.1, 0.15) is 0 Å². The van der Waals surface area contributed by atoms with Crippen molar-refractivity contribution in [2.45, 2.75) is 26.7 Å². The molecular weight excluding hydrogens is 388 g/mol. The molecule has 0 spiro atoms. The fraction of sp³-hybridized carbons (Fsp3) is 0.261. The van der Waals surface area contributed by atoms with Crippen LogP contribution in [0.1, 0.15) is 35.7 Å². The lowest BCUT2D eigenvalue weighted by molar-refractivity contribution is -0.122. The molecule has 0 bridgehead atoms. The molecule has 2 aromatic carbocycles.